The van der Waals surface area contributed by atoms with Gasteiger partial charge in [0.05, 0.1) is 11.4 Å². The van der Waals surface area contributed by atoms with Gasteiger partial charge in [-0.25, -0.2) is 9.50 Å². The lowest BCUT2D eigenvalue weighted by atomic mass is 9.96. The van der Waals surface area contributed by atoms with E-state index >= 15 is 0 Å². The lowest BCUT2D eigenvalue weighted by Crippen LogP contribution is -2.38. The summed E-state index contributed by atoms with van der Waals surface area (Å²) in [5, 5.41) is 4.84. The number of primary amides is 1. The van der Waals surface area contributed by atoms with Crippen molar-refractivity contribution in [2.45, 2.75) is 38.6 Å². The second-order valence-electron chi connectivity index (χ2n) is 9.22. The molecule has 8 heteroatoms. The number of rotatable bonds is 5. The van der Waals surface area contributed by atoms with Crippen LogP contribution >= 0.6 is 0 Å². The maximum atomic E-state index is 12.9. The summed E-state index contributed by atoms with van der Waals surface area (Å²) < 4.78 is 1.97. The van der Waals surface area contributed by atoms with Gasteiger partial charge in [0.25, 0.3) is 5.91 Å². The molecule has 172 valence electrons. The molecule has 2 fully saturated rings. The maximum absolute atomic E-state index is 12.9. The molecule has 1 atom stereocenters. The number of nitrogens with two attached hydrogens (primary N) is 1. The number of piperidine rings is 1. The van der Waals surface area contributed by atoms with E-state index in [-0.39, 0.29) is 23.7 Å². The zero-order valence-electron chi connectivity index (χ0n) is 19.0. The number of nitrogens with zero attached hydrogens (tertiary/aromatic N) is 5. The quantitative estimate of drug-likeness (QED) is 0.649. The number of aromatic nitrogens is 3. The first kappa shape index (κ1) is 21.6. The van der Waals surface area contributed by atoms with E-state index in [0.29, 0.717) is 6.54 Å². The fraction of sp³-hybridized carbons (Fsp3) is 0.440. The van der Waals surface area contributed by atoms with Crippen LogP contribution in [0.5, 0.6) is 0 Å². The lowest BCUT2D eigenvalue weighted by Gasteiger charge is -2.30. The van der Waals surface area contributed by atoms with Crippen LogP contribution in [0.2, 0.25) is 0 Å². The summed E-state index contributed by atoms with van der Waals surface area (Å²) in [6.45, 7) is 5.92. The van der Waals surface area contributed by atoms with Crippen LogP contribution in [0, 0.1) is 12.8 Å². The molecule has 1 unspecified atom stereocenters. The van der Waals surface area contributed by atoms with Gasteiger partial charge in [0, 0.05) is 48.8 Å². The third kappa shape index (κ3) is 4.23. The van der Waals surface area contributed by atoms with Gasteiger partial charge in [-0.05, 0) is 57.5 Å². The molecule has 2 aliphatic heterocycles. The highest BCUT2D eigenvalue weighted by Crippen LogP contribution is 2.30. The number of hydrogen-bond donors (Lipinski definition) is 1. The molecule has 5 rings (SSSR count). The molecule has 0 spiro atoms. The van der Waals surface area contributed by atoms with Crippen molar-refractivity contribution in [3.05, 3.63) is 65.1 Å². The standard InChI is InChI=1S/C25H30N6O2/c1-17-21(16-29-12-8-18(9-13-29)23(26)32)24-27-11-7-22(31(24)28-17)20-10-14-30(15-20)25(33)19-5-3-2-4-6-19/h2-7,11,18,20H,8-10,12-16H2,1H3,(H2,26,32). The second-order valence-corrected chi connectivity index (χ2v) is 9.22. The van der Waals surface area contributed by atoms with Crippen LogP contribution in [0.25, 0.3) is 5.65 Å². The van der Waals surface area contributed by atoms with Gasteiger partial charge in [-0.2, -0.15) is 5.10 Å². The first-order valence-corrected chi connectivity index (χ1v) is 11.7. The van der Waals surface area contributed by atoms with Gasteiger partial charge in [0.2, 0.25) is 5.91 Å². The Kier molecular flexibility index (Phi) is 5.85. The molecule has 0 saturated carbocycles. The summed E-state index contributed by atoms with van der Waals surface area (Å²) in [4.78, 5) is 33.3. The number of carbonyl (C=O) groups excluding carboxylic acids is 2. The van der Waals surface area contributed by atoms with Crippen molar-refractivity contribution in [1.29, 1.82) is 0 Å². The Morgan fingerprint density at radius 2 is 1.82 bits per heavy atom. The highest BCUT2D eigenvalue weighted by molar-refractivity contribution is 5.94. The van der Waals surface area contributed by atoms with Gasteiger partial charge in [0.15, 0.2) is 5.65 Å². The van der Waals surface area contributed by atoms with E-state index < -0.39 is 0 Å². The minimum Gasteiger partial charge on any atom is -0.369 e. The van der Waals surface area contributed by atoms with Crippen LogP contribution < -0.4 is 5.73 Å². The Balaban J connectivity index is 1.33. The molecule has 2 saturated heterocycles. The third-order valence-corrected chi connectivity index (χ3v) is 7.13. The molecular formula is C25H30N6O2. The van der Waals surface area contributed by atoms with Crippen LogP contribution in [0.15, 0.2) is 42.6 Å². The molecule has 2 amide bonds. The molecular weight excluding hydrogens is 416 g/mol. The van der Waals surface area contributed by atoms with E-state index in [1.54, 1.807) is 0 Å². The van der Waals surface area contributed by atoms with Crippen molar-refractivity contribution >= 4 is 17.5 Å². The SMILES string of the molecule is Cc1nn2c(C3CCN(C(=O)c4ccccc4)C3)ccnc2c1CN1CCC(C(N)=O)CC1. The topological polar surface area (TPSA) is 96.8 Å². The van der Waals surface area contributed by atoms with E-state index in [1.165, 1.54) is 0 Å². The first-order chi connectivity index (χ1) is 16.0. The Labute approximate surface area is 193 Å². The molecule has 8 nitrogen and oxygen atoms in total. The Morgan fingerprint density at radius 3 is 2.55 bits per heavy atom. The normalized spacial score (nSPS) is 19.9. The molecule has 4 heterocycles. The van der Waals surface area contributed by atoms with Gasteiger partial charge in [0.1, 0.15) is 0 Å². The molecule has 2 aromatic heterocycles. The predicted octanol–water partition coefficient (Wildman–Crippen LogP) is 2.36. The maximum Gasteiger partial charge on any atom is 0.253 e. The van der Waals surface area contributed by atoms with Crippen molar-refractivity contribution in [3.63, 3.8) is 0 Å². The third-order valence-electron chi connectivity index (χ3n) is 7.13. The Hall–Kier alpha value is -3.26. The van der Waals surface area contributed by atoms with Gasteiger partial charge >= 0.3 is 0 Å². The van der Waals surface area contributed by atoms with Crippen molar-refractivity contribution in [1.82, 2.24) is 24.4 Å². The highest BCUT2D eigenvalue weighted by Gasteiger charge is 2.31. The fourth-order valence-corrected chi connectivity index (χ4v) is 5.16. The van der Waals surface area contributed by atoms with Crippen LogP contribution in [-0.2, 0) is 11.3 Å². The van der Waals surface area contributed by atoms with Crippen molar-refractivity contribution in [2.24, 2.45) is 11.7 Å². The number of hydrogen-bond acceptors (Lipinski definition) is 5. The van der Waals surface area contributed by atoms with Crippen LogP contribution in [0.3, 0.4) is 0 Å². The minimum absolute atomic E-state index is 0.0140. The molecule has 0 radical (unpaired) electrons. The van der Waals surface area contributed by atoms with Gasteiger partial charge in [-0.15, -0.1) is 0 Å². The van der Waals surface area contributed by atoms with Crippen LogP contribution in [0.1, 0.15) is 52.5 Å². The molecule has 0 bridgehead atoms. The summed E-state index contributed by atoms with van der Waals surface area (Å²) in [5.41, 5.74) is 10.3. The van der Waals surface area contributed by atoms with Gasteiger partial charge in [-0.3, -0.25) is 14.5 Å². The molecule has 2 N–H and O–H groups in total. The summed E-state index contributed by atoms with van der Waals surface area (Å²) in [6, 6.07) is 11.5. The number of amides is 2. The number of carbonyl (C=O) groups is 2. The van der Waals surface area contributed by atoms with E-state index in [2.05, 4.69) is 9.88 Å². The molecule has 1 aromatic carbocycles. The number of aryl methyl sites for hydroxylation is 1. The smallest absolute Gasteiger partial charge is 0.253 e. The summed E-state index contributed by atoms with van der Waals surface area (Å²) in [6.07, 6.45) is 4.38. The van der Waals surface area contributed by atoms with Gasteiger partial charge in [-0.1, -0.05) is 18.2 Å². The summed E-state index contributed by atoms with van der Waals surface area (Å²) >= 11 is 0. The average molecular weight is 447 g/mol. The van der Waals surface area contributed by atoms with Gasteiger partial charge < -0.3 is 10.6 Å². The predicted molar refractivity (Wildman–Crippen MR) is 125 cm³/mol. The zero-order valence-corrected chi connectivity index (χ0v) is 19.0. The van der Waals surface area contributed by atoms with Crippen LogP contribution in [0.4, 0.5) is 0 Å². The van der Waals surface area contributed by atoms with Crippen LogP contribution in [-0.4, -0.2) is 62.4 Å². The second kappa shape index (κ2) is 8.94. The van der Waals surface area contributed by atoms with E-state index in [9.17, 15) is 9.59 Å². The Morgan fingerprint density at radius 1 is 1.06 bits per heavy atom. The molecule has 2 aliphatic rings. The molecule has 0 aliphatic carbocycles. The number of benzene rings is 1. The van der Waals surface area contributed by atoms with E-state index in [0.717, 1.165) is 73.6 Å². The minimum atomic E-state index is -0.190. The first-order valence-electron chi connectivity index (χ1n) is 11.7. The highest BCUT2D eigenvalue weighted by atomic mass is 16.2. The van der Waals surface area contributed by atoms with Crippen molar-refractivity contribution in [3.8, 4) is 0 Å². The average Bonchev–Trinajstić information content (AvgIpc) is 3.44. The summed E-state index contributed by atoms with van der Waals surface area (Å²) in [5.74, 6) is 0.103. The lowest BCUT2D eigenvalue weighted by molar-refractivity contribution is -0.123. The fourth-order valence-electron chi connectivity index (χ4n) is 5.16. The van der Waals surface area contributed by atoms with E-state index in [1.807, 2.05) is 58.9 Å². The molecule has 33 heavy (non-hydrogen) atoms. The number of likely N-dealkylation sites (tertiary alicyclic amines) is 2. The largest absolute Gasteiger partial charge is 0.369 e. The zero-order chi connectivity index (χ0) is 22.9. The summed E-state index contributed by atoms with van der Waals surface area (Å²) in [7, 11) is 0. The monoisotopic (exact) mass is 446 g/mol. The Bertz CT molecular complexity index is 1170. The van der Waals surface area contributed by atoms with Crippen molar-refractivity contribution < 1.29 is 9.59 Å². The van der Waals surface area contributed by atoms with E-state index in [4.69, 9.17) is 10.8 Å². The number of fused-ring (bicyclic) bond motifs is 1. The molecule has 3 aromatic rings. The van der Waals surface area contributed by atoms with Crippen molar-refractivity contribution in [2.75, 3.05) is 26.2 Å².